The third kappa shape index (κ3) is 11.2. The zero-order valence-electron chi connectivity index (χ0n) is 35.7. The molecule has 0 fully saturated rings. The van der Waals surface area contributed by atoms with Crippen molar-refractivity contribution in [2.45, 2.75) is 13.8 Å². The summed E-state index contributed by atoms with van der Waals surface area (Å²) in [6.45, 7) is 0. The predicted molar refractivity (Wildman–Crippen MR) is 280 cm³/mol. The van der Waals surface area contributed by atoms with Crippen molar-refractivity contribution in [3.8, 4) is 11.1 Å². The number of fused-ring (bicyclic) bond motifs is 11. The molecule has 1 heteroatoms. The Morgan fingerprint density at radius 3 is 0.938 bits per heavy atom. The van der Waals surface area contributed by atoms with Crippen molar-refractivity contribution in [1.82, 2.24) is 0 Å². The summed E-state index contributed by atoms with van der Waals surface area (Å²) in [6, 6.07) is 94.7. The molecule has 0 aliphatic heterocycles. The summed E-state index contributed by atoms with van der Waals surface area (Å²) in [5.41, 5.74) is 5.03. The smallest absolute Gasteiger partial charge is 0 e. The van der Waals surface area contributed by atoms with Crippen molar-refractivity contribution < 1.29 is 32.7 Å². The Bertz CT molecular complexity index is 3050. The molecule has 0 saturated heterocycles. The third-order valence-electron chi connectivity index (χ3n) is 11.4. The Labute approximate surface area is 409 Å². The quantitative estimate of drug-likeness (QED) is 0.114. The molecule has 1 aliphatic rings. The second-order valence-electron chi connectivity index (χ2n) is 15.3. The summed E-state index contributed by atoms with van der Waals surface area (Å²) >= 11 is 0. The first-order valence-electron chi connectivity index (χ1n) is 21.6. The van der Waals surface area contributed by atoms with E-state index in [0.717, 1.165) is 17.5 Å². The molecule has 311 valence electrons. The van der Waals surface area contributed by atoms with Gasteiger partial charge in [0.1, 0.15) is 0 Å². The van der Waals surface area contributed by atoms with E-state index in [2.05, 4.69) is 231 Å². The van der Waals surface area contributed by atoms with E-state index >= 15 is 0 Å². The molecule has 0 atom stereocenters. The summed E-state index contributed by atoms with van der Waals surface area (Å²) in [5.74, 6) is 0. The van der Waals surface area contributed by atoms with Gasteiger partial charge in [-0.25, -0.2) is 11.1 Å². The van der Waals surface area contributed by atoms with Crippen molar-refractivity contribution in [3.05, 3.63) is 284 Å². The summed E-state index contributed by atoms with van der Waals surface area (Å²) in [6.07, 6.45) is 5.50. The van der Waals surface area contributed by atoms with Crippen LogP contribution in [0.1, 0.15) is 18.6 Å². The van der Waals surface area contributed by atoms with Gasteiger partial charge in [0, 0.05) is 32.7 Å². The first-order chi connectivity index (χ1) is 31.3. The van der Waals surface area contributed by atoms with E-state index in [9.17, 15) is 0 Å². The summed E-state index contributed by atoms with van der Waals surface area (Å²) in [4.78, 5) is 0. The Morgan fingerprint density at radius 2 is 0.585 bits per heavy atom. The molecule has 1 aliphatic carbocycles. The fourth-order valence-electron chi connectivity index (χ4n) is 8.26. The Morgan fingerprint density at radius 1 is 0.277 bits per heavy atom. The molecule has 65 heavy (non-hydrogen) atoms. The molecule has 12 aromatic carbocycles. The number of rotatable bonds is 1. The van der Waals surface area contributed by atoms with Gasteiger partial charge in [-0.15, -0.1) is 12.1 Å². The summed E-state index contributed by atoms with van der Waals surface area (Å²) in [5, 5.41) is 16.0. The summed E-state index contributed by atoms with van der Waals surface area (Å²) < 4.78 is 0. The minimum atomic E-state index is 0. The van der Waals surface area contributed by atoms with Crippen LogP contribution in [0.4, 0.5) is 0 Å². The molecule has 12 aromatic rings. The third-order valence-corrected chi connectivity index (χ3v) is 11.4. The Balaban J connectivity index is 0.000000123. The van der Waals surface area contributed by atoms with Gasteiger partial charge in [0.2, 0.25) is 0 Å². The molecule has 0 N–H and O–H groups in total. The molecule has 0 bridgehead atoms. The number of hydrogen-bond donors (Lipinski definition) is 0. The van der Waals surface area contributed by atoms with E-state index in [4.69, 9.17) is 0 Å². The van der Waals surface area contributed by atoms with Crippen molar-refractivity contribution in [2.24, 2.45) is 0 Å². The molecule has 0 aromatic heterocycles. The second-order valence-corrected chi connectivity index (χ2v) is 15.3. The normalized spacial score (nSPS) is 10.7. The van der Waals surface area contributed by atoms with Gasteiger partial charge in [-0.3, -0.25) is 0 Å². The van der Waals surface area contributed by atoms with Gasteiger partial charge in [0.15, 0.2) is 0 Å². The predicted octanol–water partition coefficient (Wildman–Crippen LogP) is 17.8. The van der Waals surface area contributed by atoms with E-state index in [1.165, 1.54) is 75.8 Å². The number of benzene rings is 12. The molecule has 1 radical (unpaired) electrons. The zero-order chi connectivity index (χ0) is 42.5. The largest absolute Gasteiger partial charge is 0.226 e. The van der Waals surface area contributed by atoms with Gasteiger partial charge < -0.3 is 0 Å². The summed E-state index contributed by atoms with van der Waals surface area (Å²) in [7, 11) is 0. The standard InChI is InChI=1S/C18H12.C14H10.C12H8.C10H8.C9H8.CH4.Y/c1-2-8-14-13(7-1)15-9-3-4-11-17(15)18-12-6-5-10-16(14)18;1-3-7-13-11(5-1)9-10-12-6-2-4-8-14(12)13;1-3-7-11(8-4-1)12-9-5-2-6-10-12;1-2-6-10-8-4-3-7-9(10)5-1;1-2-5-9-7-3-6-8(9)4-1;;/h1-12H;1-10H;1-7,9H;1-8H;1-6H,7H2;1H4;/q;;-2;;;;. The average molecular weight is 908 g/mol. The van der Waals surface area contributed by atoms with Gasteiger partial charge in [0.05, 0.1) is 0 Å². The number of hydrogen-bond acceptors (Lipinski definition) is 0. The molecule has 0 saturated carbocycles. The second kappa shape index (κ2) is 23.1. The molecule has 0 heterocycles. The molecular formula is C64H50Y-2. The average Bonchev–Trinajstić information content (AvgIpc) is 3.87. The number of allylic oxidation sites excluding steroid dienone is 1. The van der Waals surface area contributed by atoms with Gasteiger partial charge in [-0.1, -0.05) is 226 Å². The van der Waals surface area contributed by atoms with Crippen molar-refractivity contribution >= 4 is 70.7 Å². The van der Waals surface area contributed by atoms with E-state index < -0.39 is 0 Å². The fourth-order valence-corrected chi connectivity index (χ4v) is 8.26. The molecule has 13 rings (SSSR count). The van der Waals surface area contributed by atoms with Crippen LogP contribution < -0.4 is 0 Å². The van der Waals surface area contributed by atoms with Gasteiger partial charge in [0.25, 0.3) is 0 Å². The van der Waals surface area contributed by atoms with Crippen LogP contribution in [0, 0.1) is 12.1 Å². The van der Waals surface area contributed by atoms with Gasteiger partial charge in [-0.2, -0.15) is 48.5 Å². The molecule has 0 nitrogen and oxygen atoms in total. The van der Waals surface area contributed by atoms with Crippen LogP contribution in [0.3, 0.4) is 0 Å². The van der Waals surface area contributed by atoms with Crippen LogP contribution >= 0.6 is 0 Å². The molecule has 0 unspecified atom stereocenters. The Hall–Kier alpha value is -6.96. The van der Waals surface area contributed by atoms with Crippen molar-refractivity contribution in [2.75, 3.05) is 0 Å². The topological polar surface area (TPSA) is 0 Å². The van der Waals surface area contributed by atoms with Crippen LogP contribution in [-0.2, 0) is 39.1 Å². The zero-order valence-corrected chi connectivity index (χ0v) is 38.5. The first kappa shape index (κ1) is 46.0. The van der Waals surface area contributed by atoms with Crippen LogP contribution in [0.15, 0.2) is 261 Å². The van der Waals surface area contributed by atoms with E-state index in [1.54, 1.807) is 0 Å². The molecule has 0 amide bonds. The van der Waals surface area contributed by atoms with E-state index in [-0.39, 0.29) is 40.1 Å². The Kier molecular flexibility index (Phi) is 16.4. The van der Waals surface area contributed by atoms with Crippen molar-refractivity contribution in [1.29, 1.82) is 0 Å². The van der Waals surface area contributed by atoms with Crippen LogP contribution in [0.2, 0.25) is 0 Å². The van der Waals surface area contributed by atoms with Crippen LogP contribution in [0.25, 0.3) is 81.8 Å². The van der Waals surface area contributed by atoms with Crippen molar-refractivity contribution in [3.63, 3.8) is 0 Å². The minimum Gasteiger partial charge on any atom is -0.226 e. The first-order valence-corrected chi connectivity index (χ1v) is 21.6. The fraction of sp³-hybridized carbons (Fsp3) is 0.0312. The maximum Gasteiger partial charge on any atom is 0 e. The monoisotopic (exact) mass is 907 g/mol. The minimum absolute atomic E-state index is 0. The van der Waals surface area contributed by atoms with E-state index in [0.29, 0.717) is 0 Å². The van der Waals surface area contributed by atoms with Crippen LogP contribution in [0.5, 0.6) is 0 Å². The van der Waals surface area contributed by atoms with Gasteiger partial charge in [-0.05, 0) is 82.2 Å². The van der Waals surface area contributed by atoms with Crippen LogP contribution in [-0.4, -0.2) is 0 Å². The molecule has 0 spiro atoms. The SMILES string of the molecule is C.C1=Cc2ccccc2C1.[Y].[c-]1ccccc1-c1[c-]cccc1.c1ccc2c(c1)c1ccccc1c1ccccc21.c1ccc2c(c1)ccc1ccccc12.c1ccc2ccccc2c1. The maximum absolute atomic E-state index is 3.15. The van der Waals surface area contributed by atoms with Gasteiger partial charge >= 0.3 is 0 Å². The molecular weight excluding hydrogens is 858 g/mol. The van der Waals surface area contributed by atoms with E-state index in [1.807, 2.05) is 48.5 Å². The maximum atomic E-state index is 3.15.